The molecule has 0 N–H and O–H groups in total. The minimum absolute atomic E-state index is 0. The number of aryl methyl sites for hydroxylation is 4. The van der Waals surface area contributed by atoms with Crippen molar-refractivity contribution in [3.05, 3.63) is 250 Å². The Labute approximate surface area is 434 Å². The van der Waals surface area contributed by atoms with E-state index in [1.54, 1.807) is 0 Å². The second kappa shape index (κ2) is 19.1. The van der Waals surface area contributed by atoms with Gasteiger partial charge in [0.05, 0.1) is 0 Å². The summed E-state index contributed by atoms with van der Waals surface area (Å²) in [6, 6.07) is 61.2. The average molecular weight is 1100 g/mol. The van der Waals surface area contributed by atoms with Crippen LogP contribution in [0.5, 0.6) is 0 Å². The molecular weight excluding hydrogens is 1050 g/mol. The maximum Gasteiger partial charge on any atom is 0.0124 e. The average Bonchev–Trinajstić information content (AvgIpc) is 4.22. The first-order valence-corrected chi connectivity index (χ1v) is 23.7. The molecular formula is C58H45N8PPd2-8. The van der Waals surface area contributed by atoms with Gasteiger partial charge in [-0.1, -0.05) is 70.8 Å². The van der Waals surface area contributed by atoms with Crippen molar-refractivity contribution >= 4 is 74.0 Å². The normalized spacial score (nSPS) is 15.2. The SMILES string of the molecule is Cc1ccc(N2C=CN(c3[c-]c4c(cc3)c3ccc(N5C=CN(c6ccc(C)cc6)[CH-]5)[c-]c3p4-c3[c-]c(N4C=CN(c5ccc(C)cc5)[CH-]4)cc(N4C=CN(c5ccc(C)cc5)[CH-]4)[c-]3)[CH-]2)cc1.[Pd].[Pd]. The fraction of sp³-hybridized carbons (Fsp3) is 0.0690. The van der Waals surface area contributed by atoms with Crippen LogP contribution in [0.4, 0.5) is 45.5 Å². The van der Waals surface area contributed by atoms with Crippen molar-refractivity contribution < 1.29 is 40.8 Å². The van der Waals surface area contributed by atoms with Crippen molar-refractivity contribution in [3.63, 3.8) is 0 Å². The Morgan fingerprint density at radius 1 is 0.319 bits per heavy atom. The summed E-state index contributed by atoms with van der Waals surface area (Å²) < 4.78 is 0. The Kier molecular flexibility index (Phi) is 12.8. The first kappa shape index (κ1) is 46.3. The zero-order valence-electron chi connectivity index (χ0n) is 38.2. The van der Waals surface area contributed by atoms with Crippen LogP contribution in [0.1, 0.15) is 22.3 Å². The van der Waals surface area contributed by atoms with Gasteiger partial charge in [-0.15, -0.1) is 60.4 Å². The molecule has 7 aromatic carbocycles. The van der Waals surface area contributed by atoms with Crippen LogP contribution in [0, 0.1) is 78.6 Å². The molecule has 69 heavy (non-hydrogen) atoms. The summed E-state index contributed by atoms with van der Waals surface area (Å²) in [5, 5.41) is 5.50. The summed E-state index contributed by atoms with van der Waals surface area (Å²) in [6.07, 6.45) is 16.8. The molecule has 8 aromatic rings. The fourth-order valence-electron chi connectivity index (χ4n) is 8.70. The molecule has 0 fully saturated rings. The Morgan fingerprint density at radius 3 is 0.899 bits per heavy atom. The third-order valence-electron chi connectivity index (χ3n) is 12.5. The predicted molar refractivity (Wildman–Crippen MR) is 279 cm³/mol. The van der Waals surface area contributed by atoms with E-state index in [9.17, 15) is 0 Å². The maximum atomic E-state index is 3.96. The van der Waals surface area contributed by atoms with E-state index in [1.807, 2.05) is 0 Å². The van der Waals surface area contributed by atoms with E-state index in [2.05, 4.69) is 295 Å². The first-order valence-electron chi connectivity index (χ1n) is 22.4. The molecule has 0 spiro atoms. The molecule has 4 aliphatic heterocycles. The molecule has 1 aromatic heterocycles. The minimum atomic E-state index is -1.26. The van der Waals surface area contributed by atoms with Crippen LogP contribution in [0.15, 0.2) is 177 Å². The van der Waals surface area contributed by atoms with Gasteiger partial charge in [-0.2, -0.15) is 42.6 Å². The summed E-state index contributed by atoms with van der Waals surface area (Å²) in [6.45, 7) is 16.9. The van der Waals surface area contributed by atoms with Gasteiger partial charge >= 0.3 is 0 Å². The van der Waals surface area contributed by atoms with Crippen LogP contribution in [0.25, 0.3) is 26.3 Å². The second-order valence-electron chi connectivity index (χ2n) is 17.3. The van der Waals surface area contributed by atoms with Gasteiger partial charge in [0.2, 0.25) is 0 Å². The predicted octanol–water partition coefficient (Wildman–Crippen LogP) is 14.1. The molecule has 8 nitrogen and oxygen atoms in total. The van der Waals surface area contributed by atoms with Crippen molar-refractivity contribution in [2.45, 2.75) is 27.7 Å². The molecule has 0 atom stereocenters. The monoisotopic (exact) mass is 1100 g/mol. The summed E-state index contributed by atoms with van der Waals surface area (Å²) in [4.78, 5) is 17.2. The van der Waals surface area contributed by atoms with Gasteiger partial charge < -0.3 is 51.3 Å². The van der Waals surface area contributed by atoms with Crippen LogP contribution in [0.2, 0.25) is 0 Å². The zero-order valence-corrected chi connectivity index (χ0v) is 42.2. The quantitative estimate of drug-likeness (QED) is 0.104. The number of benzene rings is 7. The Morgan fingerprint density at radius 2 is 0.594 bits per heavy atom. The summed E-state index contributed by atoms with van der Waals surface area (Å²) >= 11 is 0. The fourth-order valence-corrected chi connectivity index (χ4v) is 11.1. The van der Waals surface area contributed by atoms with Crippen LogP contribution >= 0.6 is 7.53 Å². The topological polar surface area (TPSA) is 25.9 Å². The molecule has 4 aliphatic rings. The largest absolute Gasteiger partial charge is 0.519 e. The molecule has 0 aliphatic carbocycles. The Hall–Kier alpha value is -6.48. The van der Waals surface area contributed by atoms with Gasteiger partial charge in [-0.25, -0.2) is 22.7 Å². The smallest absolute Gasteiger partial charge is 0.0124 e. The van der Waals surface area contributed by atoms with Crippen LogP contribution in [0.3, 0.4) is 0 Å². The molecule has 0 saturated heterocycles. The third-order valence-corrected chi connectivity index (χ3v) is 14.8. The van der Waals surface area contributed by atoms with E-state index < -0.39 is 7.53 Å². The summed E-state index contributed by atoms with van der Waals surface area (Å²) in [5.41, 5.74) is 13.0. The number of rotatable bonds is 9. The van der Waals surface area contributed by atoms with Crippen molar-refractivity contribution in [1.29, 1.82) is 0 Å². The molecule has 0 unspecified atom stereocenters. The molecule has 12 rings (SSSR count). The van der Waals surface area contributed by atoms with Gasteiger partial charge in [0.1, 0.15) is 0 Å². The molecule has 5 heterocycles. The number of anilines is 8. The van der Waals surface area contributed by atoms with Crippen molar-refractivity contribution in [2.24, 2.45) is 0 Å². The van der Waals surface area contributed by atoms with Crippen molar-refractivity contribution in [3.8, 4) is 5.30 Å². The molecule has 350 valence electrons. The summed E-state index contributed by atoms with van der Waals surface area (Å²) in [5.74, 6) is 0. The van der Waals surface area contributed by atoms with Gasteiger partial charge in [0, 0.05) is 63.6 Å². The zero-order chi connectivity index (χ0) is 45.2. The van der Waals surface area contributed by atoms with E-state index in [0.29, 0.717) is 0 Å². The second-order valence-corrected chi connectivity index (χ2v) is 19.3. The van der Waals surface area contributed by atoms with Crippen LogP contribution < -0.4 is 39.2 Å². The van der Waals surface area contributed by atoms with E-state index in [1.165, 1.54) is 22.3 Å². The number of hydrogen-bond acceptors (Lipinski definition) is 8. The molecule has 0 amide bonds. The van der Waals surface area contributed by atoms with Gasteiger partial charge in [0.25, 0.3) is 0 Å². The Balaban J connectivity index is 0.00000277. The molecule has 0 saturated carbocycles. The van der Waals surface area contributed by atoms with E-state index in [-0.39, 0.29) is 40.8 Å². The number of nitrogens with zero attached hydrogens (tertiary/aromatic N) is 8. The summed E-state index contributed by atoms with van der Waals surface area (Å²) in [7, 11) is -1.26. The van der Waals surface area contributed by atoms with Crippen molar-refractivity contribution in [2.75, 3.05) is 39.2 Å². The van der Waals surface area contributed by atoms with E-state index in [4.69, 9.17) is 0 Å². The number of hydrogen-bond donors (Lipinski definition) is 0. The molecule has 11 heteroatoms. The van der Waals surface area contributed by atoms with Crippen LogP contribution in [-0.2, 0) is 40.8 Å². The van der Waals surface area contributed by atoms with Gasteiger partial charge in [-0.05, 0) is 126 Å². The third kappa shape index (κ3) is 9.01. The van der Waals surface area contributed by atoms with E-state index >= 15 is 0 Å². The first-order chi connectivity index (χ1) is 32.8. The maximum absolute atomic E-state index is 3.96. The standard InChI is InChI=1S/C58H45N8P.2Pd/c1-42-5-13-46(14-6-42)59-25-29-63(38-59)50-21-23-55-56-24-22-51(64-30-26-60(39-64)47-15-7-43(2)8-16-47)37-58(56)67(57(55)36-50)54-34-52(65-31-27-61(40-65)48-17-9-44(3)10-18-48)33-53(35-54)66-32-28-62(41-66)49-19-11-45(4)12-20-49;;/h5-33,38-41H,1-4H3;;/q-8;;. The Bertz CT molecular complexity index is 3080. The molecule has 0 bridgehead atoms. The van der Waals surface area contributed by atoms with E-state index in [0.717, 1.165) is 71.8 Å². The van der Waals surface area contributed by atoms with Gasteiger partial charge in [0.15, 0.2) is 0 Å². The minimum Gasteiger partial charge on any atom is -0.519 e. The van der Waals surface area contributed by atoms with Gasteiger partial charge in [-0.3, -0.25) is 0 Å². The van der Waals surface area contributed by atoms with Crippen LogP contribution in [-0.4, -0.2) is 0 Å². The van der Waals surface area contributed by atoms with Crippen molar-refractivity contribution in [1.82, 2.24) is 0 Å². The molecule has 0 radical (unpaired) electrons. The number of fused-ring (bicyclic) bond motifs is 3.